The monoisotopic (exact) mass is 668 g/mol. The molecule has 0 saturated heterocycles. The van der Waals surface area contributed by atoms with E-state index in [1.165, 1.54) is 41.9 Å². The topological polar surface area (TPSA) is 51.6 Å². The first-order valence-electron chi connectivity index (χ1n) is 17.0. The van der Waals surface area contributed by atoms with Gasteiger partial charge in [0.25, 0.3) is 0 Å². The second-order valence-electron chi connectivity index (χ2n) is 12.7. The molecule has 0 aliphatic heterocycles. The Labute approximate surface area is 298 Å². The van der Waals surface area contributed by atoms with Crippen LogP contribution in [0.2, 0.25) is 0 Å². The van der Waals surface area contributed by atoms with Crippen LogP contribution in [0.3, 0.4) is 0 Å². The van der Waals surface area contributed by atoms with Gasteiger partial charge in [-0.05, 0) is 89.0 Å². The van der Waals surface area contributed by atoms with Crippen molar-refractivity contribution < 1.29 is 0 Å². The highest BCUT2D eigenvalue weighted by Crippen LogP contribution is 2.44. The van der Waals surface area contributed by atoms with Crippen molar-refractivity contribution >= 4 is 53.2 Å². The third-order valence-corrected chi connectivity index (χ3v) is 10.7. The molecule has 0 spiro atoms. The zero-order valence-corrected chi connectivity index (χ0v) is 28.2. The summed E-state index contributed by atoms with van der Waals surface area (Å²) in [6.45, 7) is 0. The Balaban J connectivity index is 1.16. The minimum atomic E-state index is 0.814. The number of hydrogen-bond donors (Lipinski definition) is 0. The summed E-state index contributed by atoms with van der Waals surface area (Å²) in [5.74, 6) is 0. The Morgan fingerprint density at radius 1 is 0.353 bits per heavy atom. The maximum atomic E-state index is 5.19. The Kier molecular flexibility index (Phi) is 6.96. The largest absolute Gasteiger partial charge is 0.255 e. The molecule has 10 aromatic rings. The van der Waals surface area contributed by atoms with Crippen molar-refractivity contribution in [2.24, 2.45) is 0 Å². The van der Waals surface area contributed by atoms with Crippen molar-refractivity contribution in [2.45, 2.75) is 0 Å². The van der Waals surface area contributed by atoms with E-state index in [9.17, 15) is 0 Å². The molecule has 0 aliphatic rings. The normalized spacial score (nSPS) is 11.5. The molecule has 5 heteroatoms. The molecule has 0 unspecified atom stereocenters. The molecule has 238 valence electrons. The van der Waals surface area contributed by atoms with Crippen LogP contribution in [0.25, 0.3) is 98.1 Å². The van der Waals surface area contributed by atoms with Crippen LogP contribution in [0.1, 0.15) is 0 Å². The van der Waals surface area contributed by atoms with Crippen LogP contribution in [0, 0.1) is 0 Å². The zero-order valence-electron chi connectivity index (χ0n) is 27.4. The molecule has 5 aromatic heterocycles. The Morgan fingerprint density at radius 3 is 1.75 bits per heavy atom. The highest BCUT2D eigenvalue weighted by Gasteiger charge is 2.17. The molecular weight excluding hydrogens is 641 g/mol. The van der Waals surface area contributed by atoms with E-state index in [0.29, 0.717) is 0 Å². The lowest BCUT2D eigenvalue weighted by Crippen LogP contribution is -1.94. The first kappa shape index (κ1) is 29.4. The van der Waals surface area contributed by atoms with Crippen LogP contribution < -0.4 is 0 Å². The number of aromatic nitrogens is 4. The lowest BCUT2D eigenvalue weighted by Gasteiger charge is -2.12. The molecule has 0 bridgehead atoms. The van der Waals surface area contributed by atoms with Gasteiger partial charge in [-0.25, -0.2) is 9.97 Å². The number of pyridine rings is 4. The maximum Gasteiger partial charge on any atom is 0.0900 e. The molecule has 0 radical (unpaired) electrons. The first-order valence-corrected chi connectivity index (χ1v) is 17.8. The van der Waals surface area contributed by atoms with Crippen LogP contribution in [-0.4, -0.2) is 19.9 Å². The second kappa shape index (κ2) is 12.1. The summed E-state index contributed by atoms with van der Waals surface area (Å²) in [6.07, 6.45) is 3.61. The van der Waals surface area contributed by atoms with E-state index in [2.05, 4.69) is 131 Å². The van der Waals surface area contributed by atoms with Gasteiger partial charge in [0.2, 0.25) is 0 Å². The van der Waals surface area contributed by atoms with Crippen LogP contribution in [0.15, 0.2) is 170 Å². The Morgan fingerprint density at radius 2 is 1.00 bits per heavy atom. The fourth-order valence-electron chi connectivity index (χ4n) is 7.17. The van der Waals surface area contributed by atoms with E-state index in [-0.39, 0.29) is 0 Å². The smallest absolute Gasteiger partial charge is 0.0900 e. The van der Waals surface area contributed by atoms with Gasteiger partial charge in [0.1, 0.15) is 0 Å². The molecule has 51 heavy (non-hydrogen) atoms. The van der Waals surface area contributed by atoms with Crippen LogP contribution >= 0.6 is 11.3 Å². The minimum Gasteiger partial charge on any atom is -0.255 e. The summed E-state index contributed by atoms with van der Waals surface area (Å²) >= 11 is 1.85. The predicted octanol–water partition coefficient (Wildman–Crippen LogP) is 12.3. The number of rotatable bonds is 5. The van der Waals surface area contributed by atoms with E-state index in [1.807, 2.05) is 47.7 Å². The highest BCUT2D eigenvalue weighted by atomic mass is 32.1. The third-order valence-electron chi connectivity index (χ3n) is 9.55. The van der Waals surface area contributed by atoms with Gasteiger partial charge in [-0.3, -0.25) is 9.97 Å². The fraction of sp³-hybridized carbons (Fsp3) is 0. The van der Waals surface area contributed by atoms with Gasteiger partial charge in [0.05, 0.1) is 34.0 Å². The lowest BCUT2D eigenvalue weighted by molar-refractivity contribution is 1.22. The zero-order chi connectivity index (χ0) is 33.7. The Bertz CT molecular complexity index is 2840. The summed E-state index contributed by atoms with van der Waals surface area (Å²) in [5.41, 5.74) is 10.9. The average molecular weight is 669 g/mol. The van der Waals surface area contributed by atoms with Gasteiger partial charge in [0.15, 0.2) is 0 Å². The molecule has 4 nitrogen and oxygen atoms in total. The summed E-state index contributed by atoms with van der Waals surface area (Å²) in [6, 6.07) is 55.4. The standard InChI is InChI=1S/C46H28N4S/c1-2-11-29(12-3-1)46-35-20-22-43-45(44(35)34-15-4-5-16-37(34)50-46)36-26-32(19-21-42(36)51-43)30-13-10-14-31(25-30)33-27-40(38-17-6-8-23-47-38)49-41(28-33)39-18-7-9-24-48-39/h1-28H. The van der Waals surface area contributed by atoms with Crippen molar-refractivity contribution in [2.75, 3.05) is 0 Å². The molecular formula is C46H28N4S. The Hall–Kier alpha value is -6.56. The lowest BCUT2D eigenvalue weighted by atomic mass is 9.94. The van der Waals surface area contributed by atoms with Crippen LogP contribution in [-0.2, 0) is 0 Å². The van der Waals surface area contributed by atoms with E-state index in [0.717, 1.165) is 56.2 Å². The number of thiophene rings is 1. The van der Waals surface area contributed by atoms with Gasteiger partial charge in [0, 0.05) is 54.3 Å². The fourth-order valence-corrected chi connectivity index (χ4v) is 8.27. The molecule has 10 rings (SSSR count). The van der Waals surface area contributed by atoms with Crippen molar-refractivity contribution in [1.29, 1.82) is 0 Å². The van der Waals surface area contributed by atoms with Gasteiger partial charge in [-0.15, -0.1) is 11.3 Å². The van der Waals surface area contributed by atoms with E-state index >= 15 is 0 Å². The quantitative estimate of drug-likeness (QED) is 0.171. The summed E-state index contributed by atoms with van der Waals surface area (Å²) in [4.78, 5) is 19.4. The third kappa shape index (κ3) is 5.14. The van der Waals surface area contributed by atoms with E-state index < -0.39 is 0 Å². The first-order chi connectivity index (χ1) is 25.3. The summed E-state index contributed by atoms with van der Waals surface area (Å²) in [7, 11) is 0. The van der Waals surface area contributed by atoms with Crippen LogP contribution in [0.4, 0.5) is 0 Å². The molecule has 0 amide bonds. The van der Waals surface area contributed by atoms with Gasteiger partial charge in [-0.2, -0.15) is 0 Å². The predicted molar refractivity (Wildman–Crippen MR) is 213 cm³/mol. The molecule has 0 saturated carbocycles. The van der Waals surface area contributed by atoms with Crippen molar-refractivity contribution in [3.8, 4) is 56.3 Å². The maximum absolute atomic E-state index is 5.19. The van der Waals surface area contributed by atoms with Crippen molar-refractivity contribution in [3.05, 3.63) is 170 Å². The summed E-state index contributed by atoms with van der Waals surface area (Å²) < 4.78 is 2.55. The second-order valence-corrected chi connectivity index (χ2v) is 13.7. The number of benzene rings is 5. The van der Waals surface area contributed by atoms with E-state index in [1.54, 1.807) is 12.4 Å². The van der Waals surface area contributed by atoms with Crippen LogP contribution in [0.5, 0.6) is 0 Å². The van der Waals surface area contributed by atoms with Gasteiger partial charge < -0.3 is 0 Å². The molecule has 5 aromatic carbocycles. The van der Waals surface area contributed by atoms with Crippen molar-refractivity contribution in [1.82, 2.24) is 19.9 Å². The number of hydrogen-bond acceptors (Lipinski definition) is 5. The number of fused-ring (bicyclic) bond motifs is 7. The minimum absolute atomic E-state index is 0.814. The van der Waals surface area contributed by atoms with E-state index in [4.69, 9.17) is 9.97 Å². The molecule has 0 atom stereocenters. The van der Waals surface area contributed by atoms with Gasteiger partial charge >= 0.3 is 0 Å². The highest BCUT2D eigenvalue weighted by molar-refractivity contribution is 7.26. The SMILES string of the molecule is c1ccc(-c2nc3ccccc3c3c2ccc2sc4ccc(-c5cccc(-c6cc(-c7ccccn7)nc(-c7ccccn7)c6)c5)cc4c23)cc1. The molecule has 0 N–H and O–H groups in total. The number of para-hydroxylation sites is 1. The van der Waals surface area contributed by atoms with Crippen molar-refractivity contribution in [3.63, 3.8) is 0 Å². The number of nitrogens with zero attached hydrogens (tertiary/aromatic N) is 4. The average Bonchev–Trinajstić information content (AvgIpc) is 3.59. The molecule has 5 heterocycles. The van der Waals surface area contributed by atoms with Gasteiger partial charge in [-0.1, -0.05) is 91.0 Å². The molecule has 0 aliphatic carbocycles. The summed E-state index contributed by atoms with van der Waals surface area (Å²) in [5, 5.41) is 6.16. The molecule has 0 fully saturated rings.